The molecule has 0 bridgehead atoms. The summed E-state index contributed by atoms with van der Waals surface area (Å²) in [5.74, 6) is 0. The quantitative estimate of drug-likeness (QED) is 0.595. The van der Waals surface area contributed by atoms with Crippen LogP contribution in [0.2, 0.25) is 0 Å². The van der Waals surface area contributed by atoms with Gasteiger partial charge >= 0.3 is 0 Å². The van der Waals surface area contributed by atoms with Crippen molar-refractivity contribution < 1.29 is 0 Å². The van der Waals surface area contributed by atoms with Crippen LogP contribution in [0.15, 0.2) is 6.20 Å². The molecular formula is C5H9N4. The van der Waals surface area contributed by atoms with Crippen LogP contribution in [0.4, 0.5) is 0 Å². The van der Waals surface area contributed by atoms with Crippen molar-refractivity contribution in [2.45, 2.75) is 13.0 Å². The fraction of sp³-hybridized carbons (Fsp3) is 0.400. The van der Waals surface area contributed by atoms with Gasteiger partial charge in [-0.3, -0.25) is 5.10 Å². The molecule has 49 valence electrons. The topological polar surface area (TPSA) is 53.6 Å². The molecule has 1 radical (unpaired) electrons. The average Bonchev–Trinajstić information content (AvgIpc) is 2.37. The molecule has 1 unspecified atom stereocenters. The molecule has 0 amide bonds. The van der Waals surface area contributed by atoms with E-state index in [4.69, 9.17) is 0 Å². The van der Waals surface area contributed by atoms with Gasteiger partial charge in [0, 0.05) is 13.2 Å². The summed E-state index contributed by atoms with van der Waals surface area (Å²) in [5.41, 5.74) is 0.880. The molecule has 4 nitrogen and oxygen atoms in total. The predicted molar refractivity (Wildman–Crippen MR) is 33.3 cm³/mol. The number of hydrogen-bond acceptors (Lipinski definition) is 3. The van der Waals surface area contributed by atoms with Gasteiger partial charge in [-0.2, -0.15) is 0 Å². The summed E-state index contributed by atoms with van der Waals surface area (Å²) < 4.78 is 0. The van der Waals surface area contributed by atoms with E-state index < -0.39 is 0 Å². The lowest BCUT2D eigenvalue weighted by Gasteiger charge is -2.02. The zero-order valence-electron chi connectivity index (χ0n) is 5.26. The minimum absolute atomic E-state index is 0.170. The number of H-pyrrole nitrogens is 1. The third-order valence-electron chi connectivity index (χ3n) is 1.19. The van der Waals surface area contributed by atoms with Crippen molar-refractivity contribution >= 4 is 0 Å². The van der Waals surface area contributed by atoms with E-state index >= 15 is 0 Å². The van der Waals surface area contributed by atoms with Gasteiger partial charge in [0.25, 0.3) is 0 Å². The molecule has 1 heterocycles. The minimum atomic E-state index is 0.170. The van der Waals surface area contributed by atoms with E-state index in [2.05, 4.69) is 27.8 Å². The molecule has 0 fully saturated rings. The summed E-state index contributed by atoms with van der Waals surface area (Å²) in [6.45, 7) is 1.96. The number of aromatic amines is 1. The van der Waals surface area contributed by atoms with E-state index in [1.165, 1.54) is 0 Å². The minimum Gasteiger partial charge on any atom is -0.307 e. The first-order valence-electron chi connectivity index (χ1n) is 2.73. The molecule has 9 heavy (non-hydrogen) atoms. The number of aromatic nitrogens is 3. The zero-order chi connectivity index (χ0) is 6.69. The Labute approximate surface area is 53.7 Å². The van der Waals surface area contributed by atoms with Crippen molar-refractivity contribution in [3.63, 3.8) is 0 Å². The molecule has 2 N–H and O–H groups in total. The third kappa shape index (κ3) is 1.26. The van der Waals surface area contributed by atoms with Gasteiger partial charge in [0.2, 0.25) is 0 Å². The van der Waals surface area contributed by atoms with Gasteiger partial charge in [-0.1, -0.05) is 5.21 Å². The number of nitrogens with one attached hydrogen (secondary N) is 2. The molecule has 0 saturated carbocycles. The summed E-state index contributed by atoms with van der Waals surface area (Å²) in [6.07, 6.45) is 1.74. The molecular weight excluding hydrogens is 116 g/mol. The Balaban J connectivity index is 2.65. The van der Waals surface area contributed by atoms with Crippen LogP contribution in [0.5, 0.6) is 0 Å². The molecule has 1 aromatic heterocycles. The Bertz CT molecular complexity index is 157. The van der Waals surface area contributed by atoms with E-state index in [0.29, 0.717) is 0 Å². The Hall–Kier alpha value is -0.900. The molecule has 0 aliphatic heterocycles. The fourth-order valence-corrected chi connectivity index (χ4v) is 0.527. The maximum Gasteiger partial charge on any atom is 0.0990 e. The lowest BCUT2D eigenvalue weighted by atomic mass is 10.3. The van der Waals surface area contributed by atoms with Crippen LogP contribution < -0.4 is 5.32 Å². The molecule has 1 atom stereocenters. The molecule has 0 aliphatic rings. The normalized spacial score (nSPS) is 13.6. The van der Waals surface area contributed by atoms with Gasteiger partial charge in [0.15, 0.2) is 0 Å². The van der Waals surface area contributed by atoms with Gasteiger partial charge in [0.1, 0.15) is 0 Å². The van der Waals surface area contributed by atoms with Crippen molar-refractivity contribution in [2.75, 3.05) is 0 Å². The molecule has 4 heteroatoms. The van der Waals surface area contributed by atoms with E-state index in [-0.39, 0.29) is 6.04 Å². The van der Waals surface area contributed by atoms with Crippen molar-refractivity contribution in [3.05, 3.63) is 18.9 Å². The number of hydrogen-bond donors (Lipinski definition) is 2. The van der Waals surface area contributed by atoms with Crippen LogP contribution in [-0.4, -0.2) is 15.4 Å². The Morgan fingerprint density at radius 1 is 1.89 bits per heavy atom. The first-order chi connectivity index (χ1) is 4.34. The lowest BCUT2D eigenvalue weighted by Crippen LogP contribution is -2.09. The summed E-state index contributed by atoms with van der Waals surface area (Å²) in [5, 5.41) is 12.7. The summed E-state index contributed by atoms with van der Waals surface area (Å²) >= 11 is 0. The monoisotopic (exact) mass is 125 g/mol. The lowest BCUT2D eigenvalue weighted by molar-refractivity contribution is 0.657. The van der Waals surface area contributed by atoms with Crippen LogP contribution >= 0.6 is 0 Å². The summed E-state index contributed by atoms with van der Waals surface area (Å²) in [4.78, 5) is 0. The third-order valence-corrected chi connectivity index (χ3v) is 1.19. The Morgan fingerprint density at radius 3 is 3.11 bits per heavy atom. The average molecular weight is 125 g/mol. The standard InChI is InChI=1S/C5H9N4/c1-4(6-2)5-3-7-9-8-5/h3-4,6H,2H2,1H3,(H,7,8,9). The highest BCUT2D eigenvalue weighted by atomic mass is 15.3. The van der Waals surface area contributed by atoms with Gasteiger partial charge in [-0.25, -0.2) is 0 Å². The molecule has 0 aliphatic carbocycles. The van der Waals surface area contributed by atoms with Crippen LogP contribution in [0.25, 0.3) is 0 Å². The van der Waals surface area contributed by atoms with Crippen molar-refractivity contribution in [2.24, 2.45) is 0 Å². The van der Waals surface area contributed by atoms with Gasteiger partial charge in [-0.15, -0.1) is 5.10 Å². The maximum absolute atomic E-state index is 3.78. The summed E-state index contributed by atoms with van der Waals surface area (Å²) in [7, 11) is 3.51. The highest BCUT2D eigenvalue weighted by Gasteiger charge is 2.02. The predicted octanol–water partition coefficient (Wildman–Crippen LogP) is 0.247. The molecule has 0 saturated heterocycles. The van der Waals surface area contributed by atoms with E-state index in [1.807, 2.05) is 6.92 Å². The van der Waals surface area contributed by atoms with Crippen LogP contribution in [0, 0.1) is 7.05 Å². The van der Waals surface area contributed by atoms with Crippen molar-refractivity contribution in [3.8, 4) is 0 Å². The van der Waals surface area contributed by atoms with Gasteiger partial charge in [0.05, 0.1) is 11.7 Å². The summed E-state index contributed by atoms with van der Waals surface area (Å²) in [6, 6.07) is 0.170. The van der Waals surface area contributed by atoms with E-state index in [1.54, 1.807) is 6.20 Å². The highest BCUT2D eigenvalue weighted by Crippen LogP contribution is 2.03. The van der Waals surface area contributed by atoms with E-state index in [0.717, 1.165) is 5.69 Å². The second-order valence-corrected chi connectivity index (χ2v) is 1.82. The molecule has 0 aromatic carbocycles. The Morgan fingerprint density at radius 2 is 2.67 bits per heavy atom. The second-order valence-electron chi connectivity index (χ2n) is 1.82. The SMILES string of the molecule is [CH2]NC(C)c1c[nH]nn1. The molecule has 0 spiro atoms. The molecule has 1 aromatic rings. The molecule has 1 rings (SSSR count). The van der Waals surface area contributed by atoms with Crippen LogP contribution in [0.3, 0.4) is 0 Å². The smallest absolute Gasteiger partial charge is 0.0990 e. The second kappa shape index (κ2) is 2.59. The van der Waals surface area contributed by atoms with Crippen molar-refractivity contribution in [1.82, 2.24) is 20.7 Å². The fourth-order valence-electron chi connectivity index (χ4n) is 0.527. The highest BCUT2D eigenvalue weighted by molar-refractivity contribution is 4.97. The first kappa shape index (κ1) is 6.22. The largest absolute Gasteiger partial charge is 0.307 e. The maximum atomic E-state index is 3.78. The van der Waals surface area contributed by atoms with Gasteiger partial charge in [-0.05, 0) is 6.92 Å². The van der Waals surface area contributed by atoms with E-state index in [9.17, 15) is 0 Å². The first-order valence-corrected chi connectivity index (χ1v) is 2.73. The van der Waals surface area contributed by atoms with Crippen LogP contribution in [-0.2, 0) is 0 Å². The zero-order valence-corrected chi connectivity index (χ0v) is 5.26. The van der Waals surface area contributed by atoms with Crippen LogP contribution in [0.1, 0.15) is 18.7 Å². The number of rotatable bonds is 2. The van der Waals surface area contributed by atoms with Crippen molar-refractivity contribution in [1.29, 1.82) is 0 Å². The van der Waals surface area contributed by atoms with Gasteiger partial charge < -0.3 is 5.32 Å². The number of nitrogens with zero attached hydrogens (tertiary/aromatic N) is 2. The Kier molecular flexibility index (Phi) is 1.79.